The van der Waals surface area contributed by atoms with Gasteiger partial charge in [-0.05, 0) is 51.8 Å². The van der Waals surface area contributed by atoms with Crippen molar-refractivity contribution in [2.75, 3.05) is 14.2 Å². The van der Waals surface area contributed by atoms with E-state index in [4.69, 9.17) is 9.47 Å². The molecule has 0 saturated heterocycles. The van der Waals surface area contributed by atoms with Crippen molar-refractivity contribution in [1.29, 1.82) is 0 Å². The van der Waals surface area contributed by atoms with Gasteiger partial charge in [-0.15, -0.1) is 11.3 Å². The molecule has 2 rings (SSSR count). The Kier molecular flexibility index (Phi) is 5.95. The minimum absolute atomic E-state index is 0.303. The maximum Gasteiger partial charge on any atom is 0.353 e. The number of methoxy groups -OCH3 is 2. The van der Waals surface area contributed by atoms with E-state index in [0.29, 0.717) is 21.9 Å². The SMILES string of the molecule is COC(=O)/C=C/c1ccc(OC(=O)c2ccc(Br)s2)c(OC)c1. The van der Waals surface area contributed by atoms with Crippen LogP contribution in [0.5, 0.6) is 11.5 Å². The largest absolute Gasteiger partial charge is 0.493 e. The Morgan fingerprint density at radius 2 is 1.91 bits per heavy atom. The Bertz CT molecular complexity index is 751. The fourth-order valence-electron chi connectivity index (χ4n) is 1.68. The molecule has 0 aliphatic rings. The van der Waals surface area contributed by atoms with Crippen LogP contribution in [0.15, 0.2) is 40.2 Å². The molecular weight excluding hydrogens is 384 g/mol. The summed E-state index contributed by atoms with van der Waals surface area (Å²) in [7, 11) is 2.78. The lowest BCUT2D eigenvalue weighted by atomic mass is 10.2. The van der Waals surface area contributed by atoms with Gasteiger partial charge >= 0.3 is 11.9 Å². The molecule has 23 heavy (non-hydrogen) atoms. The Morgan fingerprint density at radius 1 is 1.13 bits per heavy atom. The fourth-order valence-corrected chi connectivity index (χ4v) is 2.94. The van der Waals surface area contributed by atoms with Crippen LogP contribution in [0.2, 0.25) is 0 Å². The average molecular weight is 397 g/mol. The molecule has 0 unspecified atom stereocenters. The molecule has 0 radical (unpaired) electrons. The minimum atomic E-state index is -0.461. The summed E-state index contributed by atoms with van der Waals surface area (Å²) in [5, 5.41) is 0. The van der Waals surface area contributed by atoms with Gasteiger partial charge in [0.15, 0.2) is 11.5 Å². The number of esters is 2. The maximum absolute atomic E-state index is 12.1. The highest BCUT2D eigenvalue weighted by Gasteiger charge is 2.14. The first-order valence-corrected chi connectivity index (χ1v) is 8.06. The van der Waals surface area contributed by atoms with Crippen molar-refractivity contribution in [3.8, 4) is 11.5 Å². The number of rotatable bonds is 5. The van der Waals surface area contributed by atoms with Gasteiger partial charge in [-0.3, -0.25) is 0 Å². The molecule has 0 amide bonds. The third-order valence-corrected chi connectivity index (χ3v) is 4.38. The lowest BCUT2D eigenvalue weighted by molar-refractivity contribution is -0.134. The highest BCUT2D eigenvalue weighted by molar-refractivity contribution is 9.11. The molecule has 0 bridgehead atoms. The smallest absolute Gasteiger partial charge is 0.353 e. The number of halogens is 1. The summed E-state index contributed by atoms with van der Waals surface area (Å²) in [6.45, 7) is 0. The van der Waals surface area contributed by atoms with Crippen LogP contribution in [0.25, 0.3) is 6.08 Å². The fraction of sp³-hybridized carbons (Fsp3) is 0.125. The maximum atomic E-state index is 12.1. The van der Waals surface area contributed by atoms with E-state index in [9.17, 15) is 9.59 Å². The van der Waals surface area contributed by atoms with Crippen LogP contribution < -0.4 is 9.47 Å². The van der Waals surface area contributed by atoms with E-state index in [1.165, 1.54) is 31.6 Å². The highest BCUT2D eigenvalue weighted by atomic mass is 79.9. The monoisotopic (exact) mass is 396 g/mol. The Labute approximate surface area is 145 Å². The van der Waals surface area contributed by atoms with Crippen LogP contribution in [0.1, 0.15) is 15.2 Å². The molecule has 0 N–H and O–H groups in total. The minimum Gasteiger partial charge on any atom is -0.493 e. The number of ether oxygens (including phenoxy) is 3. The third kappa shape index (κ3) is 4.67. The predicted molar refractivity (Wildman–Crippen MR) is 91.0 cm³/mol. The van der Waals surface area contributed by atoms with E-state index in [1.807, 2.05) is 0 Å². The van der Waals surface area contributed by atoms with Gasteiger partial charge in [0.2, 0.25) is 0 Å². The van der Waals surface area contributed by atoms with Gasteiger partial charge in [-0.25, -0.2) is 9.59 Å². The summed E-state index contributed by atoms with van der Waals surface area (Å²) in [5.74, 6) is -0.224. The van der Waals surface area contributed by atoms with E-state index in [-0.39, 0.29) is 0 Å². The van der Waals surface area contributed by atoms with Crippen molar-refractivity contribution < 1.29 is 23.8 Å². The normalized spacial score (nSPS) is 10.6. The number of hydrogen-bond donors (Lipinski definition) is 0. The Balaban J connectivity index is 2.18. The molecule has 120 valence electrons. The van der Waals surface area contributed by atoms with Crippen LogP contribution in [0.3, 0.4) is 0 Å². The molecule has 0 aliphatic carbocycles. The summed E-state index contributed by atoms with van der Waals surface area (Å²) < 4.78 is 15.9. The van der Waals surface area contributed by atoms with Crippen LogP contribution >= 0.6 is 27.3 Å². The van der Waals surface area contributed by atoms with Crippen molar-refractivity contribution >= 4 is 45.3 Å². The zero-order chi connectivity index (χ0) is 16.8. The van der Waals surface area contributed by atoms with Gasteiger partial charge in [0, 0.05) is 6.08 Å². The highest BCUT2D eigenvalue weighted by Crippen LogP contribution is 2.30. The van der Waals surface area contributed by atoms with Gasteiger partial charge in [0.25, 0.3) is 0 Å². The molecule has 0 fully saturated rings. The van der Waals surface area contributed by atoms with Crippen molar-refractivity contribution in [3.05, 3.63) is 50.6 Å². The number of carbonyl (C=O) groups excluding carboxylic acids is 2. The summed E-state index contributed by atoms with van der Waals surface area (Å²) in [4.78, 5) is 23.6. The second kappa shape index (κ2) is 7.94. The quantitative estimate of drug-likeness (QED) is 0.435. The van der Waals surface area contributed by atoms with Crippen LogP contribution in [-0.4, -0.2) is 26.2 Å². The number of carbonyl (C=O) groups is 2. The van der Waals surface area contributed by atoms with E-state index >= 15 is 0 Å². The first-order chi connectivity index (χ1) is 11.0. The molecule has 1 aromatic carbocycles. The van der Waals surface area contributed by atoms with E-state index in [1.54, 1.807) is 36.4 Å². The summed E-state index contributed by atoms with van der Waals surface area (Å²) in [6.07, 6.45) is 2.87. The molecule has 1 heterocycles. The van der Waals surface area contributed by atoms with E-state index < -0.39 is 11.9 Å². The second-order valence-electron chi connectivity index (χ2n) is 4.26. The van der Waals surface area contributed by atoms with Crippen molar-refractivity contribution in [2.45, 2.75) is 0 Å². The molecule has 0 aliphatic heterocycles. The van der Waals surface area contributed by atoms with Gasteiger partial charge in [0.05, 0.1) is 18.0 Å². The number of hydrogen-bond acceptors (Lipinski definition) is 6. The number of benzene rings is 1. The summed E-state index contributed by atoms with van der Waals surface area (Å²) in [5.41, 5.74) is 0.714. The standard InChI is InChI=1S/C16H13BrO5S/c1-20-12-9-10(4-8-15(18)21-2)3-5-11(12)22-16(19)13-6-7-14(17)23-13/h3-9H,1-2H3/b8-4+. The molecule has 7 heteroatoms. The van der Waals surface area contributed by atoms with Gasteiger partial charge in [-0.1, -0.05) is 6.07 Å². The van der Waals surface area contributed by atoms with Crippen molar-refractivity contribution in [3.63, 3.8) is 0 Å². The first-order valence-electron chi connectivity index (χ1n) is 6.45. The van der Waals surface area contributed by atoms with Gasteiger partial charge in [-0.2, -0.15) is 0 Å². The lowest BCUT2D eigenvalue weighted by Crippen LogP contribution is -2.07. The molecule has 1 aromatic heterocycles. The topological polar surface area (TPSA) is 61.8 Å². The zero-order valence-corrected chi connectivity index (χ0v) is 14.8. The average Bonchev–Trinajstić information content (AvgIpc) is 3.00. The van der Waals surface area contributed by atoms with E-state index in [2.05, 4.69) is 20.7 Å². The third-order valence-electron chi connectivity index (χ3n) is 2.78. The molecule has 5 nitrogen and oxygen atoms in total. The second-order valence-corrected chi connectivity index (χ2v) is 6.72. The van der Waals surface area contributed by atoms with Crippen molar-refractivity contribution in [1.82, 2.24) is 0 Å². The van der Waals surface area contributed by atoms with Crippen LogP contribution in [0, 0.1) is 0 Å². The molecule has 0 atom stereocenters. The van der Waals surface area contributed by atoms with E-state index in [0.717, 1.165) is 3.79 Å². The Morgan fingerprint density at radius 3 is 2.52 bits per heavy atom. The van der Waals surface area contributed by atoms with Gasteiger partial charge < -0.3 is 14.2 Å². The van der Waals surface area contributed by atoms with Crippen LogP contribution in [-0.2, 0) is 9.53 Å². The summed E-state index contributed by atoms with van der Waals surface area (Å²) in [6, 6.07) is 8.42. The lowest BCUT2D eigenvalue weighted by Gasteiger charge is -2.09. The molecule has 2 aromatic rings. The number of thiophene rings is 1. The summed E-state index contributed by atoms with van der Waals surface area (Å²) >= 11 is 4.58. The predicted octanol–water partition coefficient (Wildman–Crippen LogP) is 3.92. The molecule has 0 saturated carbocycles. The molecule has 0 spiro atoms. The first kappa shape index (κ1) is 17.2. The molecular formula is C16H13BrO5S. The zero-order valence-electron chi connectivity index (χ0n) is 12.4. The van der Waals surface area contributed by atoms with Gasteiger partial charge in [0.1, 0.15) is 4.88 Å². The van der Waals surface area contributed by atoms with Crippen molar-refractivity contribution in [2.24, 2.45) is 0 Å². The van der Waals surface area contributed by atoms with Crippen LogP contribution in [0.4, 0.5) is 0 Å². The Hall–Kier alpha value is -2.12.